The smallest absolute Gasteiger partial charge is 0.266 e. The van der Waals surface area contributed by atoms with Gasteiger partial charge < -0.3 is 10.2 Å². The van der Waals surface area contributed by atoms with Crippen molar-refractivity contribution < 1.29 is 4.79 Å². The van der Waals surface area contributed by atoms with E-state index in [4.69, 9.17) is 0 Å². The Morgan fingerprint density at radius 3 is 2.95 bits per heavy atom. The number of benzene rings is 1. The van der Waals surface area contributed by atoms with E-state index in [0.29, 0.717) is 0 Å². The van der Waals surface area contributed by atoms with E-state index in [1.165, 1.54) is 6.20 Å². The minimum absolute atomic E-state index is 0.131. The van der Waals surface area contributed by atoms with Crippen molar-refractivity contribution in [2.24, 2.45) is 0 Å². The van der Waals surface area contributed by atoms with Crippen LogP contribution in [0.1, 0.15) is 19.3 Å². The van der Waals surface area contributed by atoms with Crippen molar-refractivity contribution in [2.75, 3.05) is 18.4 Å². The zero-order valence-electron chi connectivity index (χ0n) is 12.2. The molecule has 0 unspecified atom stereocenters. The van der Waals surface area contributed by atoms with Gasteiger partial charge in [-0.2, -0.15) is 10.4 Å². The molecular formula is C16H17N5O. The van der Waals surface area contributed by atoms with E-state index in [1.807, 2.05) is 24.3 Å². The van der Waals surface area contributed by atoms with Gasteiger partial charge in [0, 0.05) is 30.4 Å². The van der Waals surface area contributed by atoms with Gasteiger partial charge >= 0.3 is 0 Å². The molecule has 0 atom stereocenters. The molecule has 0 spiro atoms. The number of anilines is 1. The molecule has 6 nitrogen and oxygen atoms in total. The molecule has 22 heavy (non-hydrogen) atoms. The lowest BCUT2D eigenvalue weighted by molar-refractivity contribution is -0.127. The number of likely N-dealkylation sites (tertiary alicyclic amines) is 1. The van der Waals surface area contributed by atoms with Gasteiger partial charge in [-0.1, -0.05) is 0 Å². The maximum absolute atomic E-state index is 12.3. The second kappa shape index (κ2) is 6.31. The largest absolute Gasteiger partial charge is 0.360 e. The first-order valence-corrected chi connectivity index (χ1v) is 7.37. The number of nitriles is 1. The van der Waals surface area contributed by atoms with Gasteiger partial charge in [-0.25, -0.2) is 0 Å². The first kappa shape index (κ1) is 14.1. The number of carbonyl (C=O) groups is 1. The average molecular weight is 295 g/mol. The maximum Gasteiger partial charge on any atom is 0.266 e. The molecule has 0 saturated carbocycles. The minimum Gasteiger partial charge on any atom is -0.360 e. The van der Waals surface area contributed by atoms with Crippen LogP contribution in [0.25, 0.3) is 10.9 Å². The van der Waals surface area contributed by atoms with Crippen LogP contribution in [0.4, 0.5) is 5.69 Å². The summed E-state index contributed by atoms with van der Waals surface area (Å²) < 4.78 is 0. The number of carbonyl (C=O) groups excluding carboxylic acids is 1. The number of aromatic nitrogens is 2. The van der Waals surface area contributed by atoms with Gasteiger partial charge in [0.1, 0.15) is 11.6 Å². The minimum atomic E-state index is -0.197. The summed E-state index contributed by atoms with van der Waals surface area (Å²) in [6, 6.07) is 7.68. The average Bonchev–Trinajstić information content (AvgIpc) is 3.03. The molecular weight excluding hydrogens is 278 g/mol. The predicted molar refractivity (Wildman–Crippen MR) is 83.8 cm³/mol. The maximum atomic E-state index is 12.3. The molecule has 1 aromatic carbocycles. The van der Waals surface area contributed by atoms with Crippen LogP contribution in [-0.2, 0) is 4.79 Å². The van der Waals surface area contributed by atoms with Crippen molar-refractivity contribution in [2.45, 2.75) is 19.3 Å². The highest BCUT2D eigenvalue weighted by Crippen LogP contribution is 2.17. The molecule has 1 aromatic heterocycles. The Balaban J connectivity index is 1.73. The number of hydrogen-bond acceptors (Lipinski definition) is 4. The van der Waals surface area contributed by atoms with Gasteiger partial charge in [-0.15, -0.1) is 0 Å². The fourth-order valence-corrected chi connectivity index (χ4v) is 2.59. The van der Waals surface area contributed by atoms with Crippen molar-refractivity contribution in [1.29, 1.82) is 5.26 Å². The Morgan fingerprint density at radius 1 is 1.36 bits per heavy atom. The highest BCUT2D eigenvalue weighted by atomic mass is 16.2. The number of amides is 1. The Hall–Kier alpha value is -2.81. The van der Waals surface area contributed by atoms with Crippen LogP contribution in [0.3, 0.4) is 0 Å². The molecule has 2 aromatic rings. The molecule has 1 fully saturated rings. The summed E-state index contributed by atoms with van der Waals surface area (Å²) in [5.74, 6) is -0.197. The summed E-state index contributed by atoms with van der Waals surface area (Å²) in [6.07, 6.45) is 6.39. The quantitative estimate of drug-likeness (QED) is 0.672. The molecule has 1 aliphatic rings. The molecule has 112 valence electrons. The van der Waals surface area contributed by atoms with Crippen molar-refractivity contribution in [1.82, 2.24) is 15.1 Å². The summed E-state index contributed by atoms with van der Waals surface area (Å²) in [5.41, 5.74) is 1.84. The normalized spacial score (nSPS) is 15.6. The molecule has 1 aliphatic heterocycles. The molecule has 2 N–H and O–H groups in total. The van der Waals surface area contributed by atoms with Gasteiger partial charge in [-0.3, -0.25) is 9.89 Å². The molecule has 0 aliphatic carbocycles. The lowest BCUT2D eigenvalue weighted by Crippen LogP contribution is -2.36. The van der Waals surface area contributed by atoms with E-state index in [-0.39, 0.29) is 11.5 Å². The van der Waals surface area contributed by atoms with E-state index in [2.05, 4.69) is 15.5 Å². The van der Waals surface area contributed by atoms with Crippen LogP contribution in [0.2, 0.25) is 0 Å². The van der Waals surface area contributed by atoms with E-state index in [9.17, 15) is 10.1 Å². The topological polar surface area (TPSA) is 84.8 Å². The zero-order valence-corrected chi connectivity index (χ0v) is 12.2. The van der Waals surface area contributed by atoms with Gasteiger partial charge in [0.05, 0.1) is 11.7 Å². The second-order valence-corrected chi connectivity index (χ2v) is 5.34. The third-order valence-corrected chi connectivity index (χ3v) is 3.82. The number of piperidine rings is 1. The van der Waals surface area contributed by atoms with E-state index in [1.54, 1.807) is 11.1 Å². The second-order valence-electron chi connectivity index (χ2n) is 5.34. The van der Waals surface area contributed by atoms with Gasteiger partial charge in [0.15, 0.2) is 0 Å². The number of hydrogen-bond donors (Lipinski definition) is 2. The van der Waals surface area contributed by atoms with E-state index < -0.39 is 0 Å². The van der Waals surface area contributed by atoms with Crippen LogP contribution in [-0.4, -0.2) is 34.1 Å². The predicted octanol–water partition coefficient (Wildman–Crippen LogP) is 2.39. The number of aromatic amines is 1. The summed E-state index contributed by atoms with van der Waals surface area (Å²) >= 11 is 0. The Kier molecular flexibility index (Phi) is 4.05. The van der Waals surface area contributed by atoms with Gasteiger partial charge in [0.25, 0.3) is 5.91 Å². The third kappa shape index (κ3) is 2.93. The standard InChI is InChI=1S/C16H17N5O/c17-9-13(16(22)21-6-2-1-3-7-21)10-18-14-5-4-12-11-19-20-15(12)8-14/h4-5,8,10-11,18H,1-3,6-7H2,(H,19,20)/b13-10-. The van der Waals surface area contributed by atoms with Crippen molar-refractivity contribution >= 4 is 22.5 Å². The highest BCUT2D eigenvalue weighted by Gasteiger charge is 2.20. The lowest BCUT2D eigenvalue weighted by atomic mass is 10.1. The van der Waals surface area contributed by atoms with Gasteiger partial charge in [-0.05, 0) is 37.5 Å². The zero-order chi connectivity index (χ0) is 15.4. The summed E-state index contributed by atoms with van der Waals surface area (Å²) in [6.45, 7) is 1.47. The Morgan fingerprint density at radius 2 is 2.18 bits per heavy atom. The van der Waals surface area contributed by atoms with Crippen molar-refractivity contribution in [3.05, 3.63) is 36.2 Å². The van der Waals surface area contributed by atoms with Crippen molar-refractivity contribution in [3.63, 3.8) is 0 Å². The number of H-pyrrole nitrogens is 1. The molecule has 0 radical (unpaired) electrons. The third-order valence-electron chi connectivity index (χ3n) is 3.82. The fourth-order valence-electron chi connectivity index (χ4n) is 2.59. The molecule has 1 saturated heterocycles. The Labute approximate surface area is 128 Å². The number of nitrogens with zero attached hydrogens (tertiary/aromatic N) is 3. The molecule has 0 bridgehead atoms. The van der Waals surface area contributed by atoms with Crippen LogP contribution >= 0.6 is 0 Å². The first-order chi connectivity index (χ1) is 10.8. The highest BCUT2D eigenvalue weighted by molar-refractivity contribution is 5.97. The monoisotopic (exact) mass is 295 g/mol. The summed E-state index contributed by atoms with van der Waals surface area (Å²) in [5, 5.41) is 20.1. The first-order valence-electron chi connectivity index (χ1n) is 7.37. The van der Waals surface area contributed by atoms with Gasteiger partial charge in [0.2, 0.25) is 0 Å². The SMILES string of the molecule is N#C/C(=C/Nc1ccc2cn[nH]c2c1)C(=O)N1CCCCC1. The molecule has 3 rings (SSSR count). The Bertz CT molecular complexity index is 749. The number of fused-ring (bicyclic) bond motifs is 1. The van der Waals surface area contributed by atoms with E-state index >= 15 is 0 Å². The molecule has 2 heterocycles. The van der Waals surface area contributed by atoms with Crippen molar-refractivity contribution in [3.8, 4) is 6.07 Å². The number of rotatable bonds is 3. The van der Waals surface area contributed by atoms with Crippen LogP contribution < -0.4 is 5.32 Å². The number of nitrogens with one attached hydrogen (secondary N) is 2. The molecule has 1 amide bonds. The summed E-state index contributed by atoms with van der Waals surface area (Å²) in [4.78, 5) is 14.0. The summed E-state index contributed by atoms with van der Waals surface area (Å²) in [7, 11) is 0. The van der Waals surface area contributed by atoms with Crippen LogP contribution in [0.15, 0.2) is 36.2 Å². The van der Waals surface area contributed by atoms with E-state index in [0.717, 1.165) is 48.9 Å². The lowest BCUT2D eigenvalue weighted by Gasteiger charge is -2.26. The fraction of sp³-hybridized carbons (Fsp3) is 0.312. The van der Waals surface area contributed by atoms with Crippen LogP contribution in [0, 0.1) is 11.3 Å². The van der Waals surface area contributed by atoms with Crippen LogP contribution in [0.5, 0.6) is 0 Å². The molecule has 6 heteroatoms.